The zero-order chi connectivity index (χ0) is 17.9. The summed E-state index contributed by atoms with van der Waals surface area (Å²) < 4.78 is 7.54. The number of benzene rings is 1. The summed E-state index contributed by atoms with van der Waals surface area (Å²) in [7, 11) is 0. The standard InChI is InChI=1S/C19H16N4O2S/c1-13-17(22-19(25-13)16-3-2-10-26-16)18(24)21-11-14-4-6-15(7-5-14)23-9-8-20-12-23/h2-10,12H,11H2,1H3,(H,21,24). The van der Waals surface area contributed by atoms with E-state index in [2.05, 4.69) is 15.3 Å². The highest BCUT2D eigenvalue weighted by Gasteiger charge is 2.18. The number of carbonyl (C=O) groups is 1. The minimum Gasteiger partial charge on any atom is -0.440 e. The van der Waals surface area contributed by atoms with Crippen LogP contribution < -0.4 is 5.32 Å². The summed E-state index contributed by atoms with van der Waals surface area (Å²) >= 11 is 1.53. The van der Waals surface area contributed by atoms with E-state index < -0.39 is 0 Å². The first kappa shape index (κ1) is 16.3. The van der Waals surface area contributed by atoms with E-state index in [1.807, 2.05) is 52.5 Å². The molecule has 1 amide bonds. The molecule has 4 aromatic rings. The number of aryl methyl sites for hydroxylation is 1. The molecule has 0 aliphatic heterocycles. The van der Waals surface area contributed by atoms with Gasteiger partial charge in [-0.3, -0.25) is 4.79 Å². The number of imidazole rings is 1. The van der Waals surface area contributed by atoms with Crippen molar-refractivity contribution in [3.05, 3.63) is 77.5 Å². The van der Waals surface area contributed by atoms with Crippen LogP contribution in [0.1, 0.15) is 21.8 Å². The number of nitrogens with zero attached hydrogens (tertiary/aromatic N) is 3. The third-order valence-corrected chi connectivity index (χ3v) is 4.79. The molecule has 0 aliphatic rings. The van der Waals surface area contributed by atoms with Gasteiger partial charge in [0.05, 0.1) is 11.2 Å². The highest BCUT2D eigenvalue weighted by Crippen LogP contribution is 2.25. The fourth-order valence-corrected chi connectivity index (χ4v) is 3.23. The number of hydrogen-bond acceptors (Lipinski definition) is 5. The van der Waals surface area contributed by atoms with Gasteiger partial charge in [-0.05, 0) is 36.1 Å². The van der Waals surface area contributed by atoms with Crippen LogP contribution >= 0.6 is 11.3 Å². The quantitative estimate of drug-likeness (QED) is 0.584. The van der Waals surface area contributed by atoms with Crippen LogP contribution in [0.25, 0.3) is 16.5 Å². The first-order chi connectivity index (χ1) is 12.7. The summed E-state index contributed by atoms with van der Waals surface area (Å²) in [4.78, 5) is 21.7. The predicted octanol–water partition coefficient (Wildman–Crippen LogP) is 3.83. The van der Waals surface area contributed by atoms with Crippen LogP contribution in [0.2, 0.25) is 0 Å². The molecule has 3 aromatic heterocycles. The molecule has 0 atom stereocenters. The molecule has 0 saturated carbocycles. The van der Waals surface area contributed by atoms with Gasteiger partial charge in [-0.1, -0.05) is 18.2 Å². The summed E-state index contributed by atoms with van der Waals surface area (Å²) in [6.07, 6.45) is 5.36. The van der Waals surface area contributed by atoms with E-state index in [9.17, 15) is 4.79 Å². The van der Waals surface area contributed by atoms with Gasteiger partial charge in [-0.15, -0.1) is 11.3 Å². The van der Waals surface area contributed by atoms with Crippen LogP contribution in [-0.2, 0) is 6.54 Å². The van der Waals surface area contributed by atoms with Gasteiger partial charge in [-0.25, -0.2) is 9.97 Å². The molecule has 0 bridgehead atoms. The lowest BCUT2D eigenvalue weighted by molar-refractivity contribution is 0.0945. The number of amides is 1. The van der Waals surface area contributed by atoms with Crippen LogP contribution in [0.3, 0.4) is 0 Å². The minimum atomic E-state index is -0.243. The van der Waals surface area contributed by atoms with Gasteiger partial charge in [0.1, 0.15) is 5.76 Å². The van der Waals surface area contributed by atoms with E-state index in [-0.39, 0.29) is 5.91 Å². The highest BCUT2D eigenvalue weighted by atomic mass is 32.1. The van der Waals surface area contributed by atoms with Gasteiger partial charge in [-0.2, -0.15) is 0 Å². The number of aromatic nitrogens is 3. The molecule has 26 heavy (non-hydrogen) atoms. The fraction of sp³-hybridized carbons (Fsp3) is 0.105. The second-order valence-corrected chi connectivity index (χ2v) is 6.67. The van der Waals surface area contributed by atoms with E-state index >= 15 is 0 Å². The van der Waals surface area contributed by atoms with Crippen LogP contribution in [0, 0.1) is 6.92 Å². The maximum Gasteiger partial charge on any atom is 0.273 e. The first-order valence-corrected chi connectivity index (χ1v) is 8.95. The average Bonchev–Trinajstić information content (AvgIpc) is 3.41. The lowest BCUT2D eigenvalue weighted by Gasteiger charge is -2.06. The largest absolute Gasteiger partial charge is 0.440 e. The number of hydrogen-bond donors (Lipinski definition) is 1. The number of oxazole rings is 1. The number of thiophene rings is 1. The highest BCUT2D eigenvalue weighted by molar-refractivity contribution is 7.13. The van der Waals surface area contributed by atoms with Crippen LogP contribution in [0.5, 0.6) is 0 Å². The van der Waals surface area contributed by atoms with E-state index in [0.29, 0.717) is 23.9 Å². The zero-order valence-corrected chi connectivity index (χ0v) is 14.9. The molecule has 1 N–H and O–H groups in total. The molecule has 4 rings (SSSR count). The number of nitrogens with one attached hydrogen (secondary N) is 1. The number of rotatable bonds is 5. The summed E-state index contributed by atoms with van der Waals surface area (Å²) in [6.45, 7) is 2.17. The molecule has 0 fully saturated rings. The van der Waals surface area contributed by atoms with Crippen molar-refractivity contribution in [2.24, 2.45) is 0 Å². The second-order valence-electron chi connectivity index (χ2n) is 5.72. The first-order valence-electron chi connectivity index (χ1n) is 8.07. The zero-order valence-electron chi connectivity index (χ0n) is 14.0. The van der Waals surface area contributed by atoms with E-state index in [1.54, 1.807) is 19.4 Å². The Morgan fingerprint density at radius 3 is 2.81 bits per heavy atom. The Kier molecular flexibility index (Phi) is 4.37. The molecular weight excluding hydrogens is 348 g/mol. The van der Waals surface area contributed by atoms with Crippen LogP contribution in [-0.4, -0.2) is 20.4 Å². The van der Waals surface area contributed by atoms with Crippen molar-refractivity contribution < 1.29 is 9.21 Å². The summed E-state index contributed by atoms with van der Waals surface area (Å²) in [5, 5.41) is 4.84. The third kappa shape index (κ3) is 3.29. The van der Waals surface area contributed by atoms with Crippen LogP contribution in [0.15, 0.2) is 64.9 Å². The maximum atomic E-state index is 12.4. The van der Waals surface area contributed by atoms with Gasteiger partial charge in [0.25, 0.3) is 5.91 Å². The van der Waals surface area contributed by atoms with E-state index in [1.165, 1.54) is 11.3 Å². The molecule has 0 saturated heterocycles. The Hall–Kier alpha value is -3.19. The normalized spacial score (nSPS) is 10.8. The Morgan fingerprint density at radius 1 is 1.27 bits per heavy atom. The predicted molar refractivity (Wildman–Crippen MR) is 99.3 cm³/mol. The van der Waals surface area contributed by atoms with Crippen LogP contribution in [0.4, 0.5) is 0 Å². The van der Waals surface area contributed by atoms with Crippen molar-refractivity contribution >= 4 is 17.2 Å². The number of carbonyl (C=O) groups excluding carboxylic acids is 1. The molecule has 7 heteroatoms. The summed E-state index contributed by atoms with van der Waals surface area (Å²) in [5.74, 6) is 0.751. The van der Waals surface area contributed by atoms with Crippen molar-refractivity contribution in [1.82, 2.24) is 19.9 Å². The molecular formula is C19H16N4O2S. The fourth-order valence-electron chi connectivity index (χ4n) is 2.58. The minimum absolute atomic E-state index is 0.243. The Bertz CT molecular complexity index is 1000. The molecule has 130 valence electrons. The van der Waals surface area contributed by atoms with E-state index in [4.69, 9.17) is 4.42 Å². The molecule has 1 aromatic carbocycles. The topological polar surface area (TPSA) is 73.0 Å². The van der Waals surface area contributed by atoms with Crippen molar-refractivity contribution in [2.75, 3.05) is 0 Å². The van der Waals surface area contributed by atoms with E-state index in [0.717, 1.165) is 16.1 Å². The Balaban J connectivity index is 1.42. The molecule has 3 heterocycles. The molecule has 0 radical (unpaired) electrons. The average molecular weight is 364 g/mol. The van der Waals surface area contributed by atoms with Gasteiger partial charge in [0.2, 0.25) is 5.89 Å². The summed E-state index contributed by atoms with van der Waals surface area (Å²) in [6, 6.07) is 11.8. The second kappa shape index (κ2) is 6.97. The van der Waals surface area contributed by atoms with Gasteiger partial charge in [0, 0.05) is 24.6 Å². The van der Waals surface area contributed by atoms with Crippen molar-refractivity contribution in [3.63, 3.8) is 0 Å². The van der Waals surface area contributed by atoms with Gasteiger partial charge < -0.3 is 14.3 Å². The monoisotopic (exact) mass is 364 g/mol. The summed E-state index contributed by atoms with van der Waals surface area (Å²) in [5.41, 5.74) is 2.34. The molecule has 6 nitrogen and oxygen atoms in total. The lowest BCUT2D eigenvalue weighted by atomic mass is 10.2. The molecule has 0 aliphatic carbocycles. The molecule has 0 spiro atoms. The maximum absolute atomic E-state index is 12.4. The van der Waals surface area contributed by atoms with Gasteiger partial charge in [0.15, 0.2) is 5.69 Å². The Morgan fingerprint density at radius 2 is 2.12 bits per heavy atom. The SMILES string of the molecule is Cc1oc(-c2cccs2)nc1C(=O)NCc1ccc(-n2ccnc2)cc1. The van der Waals surface area contributed by atoms with Crippen molar-refractivity contribution in [3.8, 4) is 16.5 Å². The van der Waals surface area contributed by atoms with Gasteiger partial charge >= 0.3 is 0 Å². The smallest absolute Gasteiger partial charge is 0.273 e. The van der Waals surface area contributed by atoms with Crippen molar-refractivity contribution in [2.45, 2.75) is 13.5 Å². The van der Waals surface area contributed by atoms with Crippen molar-refractivity contribution in [1.29, 1.82) is 0 Å². The third-order valence-electron chi connectivity index (χ3n) is 3.94. The molecule has 0 unspecified atom stereocenters. The lowest BCUT2D eigenvalue weighted by Crippen LogP contribution is -2.23. The Labute approximate surface area is 154 Å².